The largest absolute Gasteiger partial charge is 0.356 e. The Bertz CT molecular complexity index is 415. The van der Waals surface area contributed by atoms with E-state index < -0.39 is 0 Å². The fourth-order valence-electron chi connectivity index (χ4n) is 2.70. The van der Waals surface area contributed by atoms with Crippen LogP contribution < -0.4 is 5.32 Å². The van der Waals surface area contributed by atoms with Crippen molar-refractivity contribution in [2.45, 2.75) is 76.9 Å². The van der Waals surface area contributed by atoms with E-state index in [-0.39, 0.29) is 23.0 Å². The highest BCUT2D eigenvalue weighted by Gasteiger charge is 2.37. The first kappa shape index (κ1) is 21.0. The molecule has 1 aliphatic heterocycles. The van der Waals surface area contributed by atoms with Gasteiger partial charge in [0, 0.05) is 25.9 Å². The van der Waals surface area contributed by atoms with E-state index in [9.17, 15) is 14.4 Å². The molecule has 138 valence electrons. The lowest BCUT2D eigenvalue weighted by Crippen LogP contribution is -2.32. The molecule has 5 nitrogen and oxygen atoms in total. The van der Waals surface area contributed by atoms with Gasteiger partial charge in [-0.05, 0) is 31.4 Å². The zero-order valence-corrected chi connectivity index (χ0v) is 16.0. The van der Waals surface area contributed by atoms with Gasteiger partial charge in [0.15, 0.2) is 0 Å². The highest BCUT2D eigenvalue weighted by Crippen LogP contribution is 2.25. The van der Waals surface area contributed by atoms with Gasteiger partial charge in [-0.2, -0.15) is 0 Å². The topological polar surface area (TPSA) is 66.5 Å². The third kappa shape index (κ3) is 7.69. The number of carbonyl (C=O) groups excluding carboxylic acids is 3. The lowest BCUT2D eigenvalue weighted by atomic mass is 10.1. The number of unbranched alkanes of at least 4 members (excludes halogenated alkanes) is 4. The van der Waals surface area contributed by atoms with Crippen molar-refractivity contribution in [2.24, 2.45) is 0 Å². The van der Waals surface area contributed by atoms with Crippen LogP contribution in [0.2, 0.25) is 0 Å². The zero-order chi connectivity index (χ0) is 17.8. The summed E-state index contributed by atoms with van der Waals surface area (Å²) in [4.78, 5) is 37.2. The van der Waals surface area contributed by atoms with Gasteiger partial charge in [0.05, 0.1) is 5.25 Å². The van der Waals surface area contributed by atoms with Crippen LogP contribution >= 0.6 is 11.8 Å². The minimum atomic E-state index is -0.175. The van der Waals surface area contributed by atoms with Crippen molar-refractivity contribution in [3.05, 3.63) is 0 Å². The van der Waals surface area contributed by atoms with Crippen LogP contribution in [0.25, 0.3) is 0 Å². The second-order valence-corrected chi connectivity index (χ2v) is 7.63. The molecule has 1 rings (SSSR count). The van der Waals surface area contributed by atoms with Crippen LogP contribution in [-0.4, -0.2) is 46.7 Å². The molecule has 24 heavy (non-hydrogen) atoms. The fraction of sp³-hybridized carbons (Fsp3) is 0.833. The van der Waals surface area contributed by atoms with E-state index in [0.29, 0.717) is 19.4 Å². The van der Waals surface area contributed by atoms with Gasteiger partial charge < -0.3 is 5.32 Å². The zero-order valence-electron chi connectivity index (χ0n) is 15.1. The minimum absolute atomic E-state index is 0.0212. The molecule has 0 saturated carbocycles. The molecule has 1 unspecified atom stereocenters. The van der Waals surface area contributed by atoms with Gasteiger partial charge in [-0.1, -0.05) is 33.1 Å². The molecule has 3 amide bonds. The number of rotatable bonds is 13. The summed E-state index contributed by atoms with van der Waals surface area (Å²) in [5.74, 6) is 0.968. The number of amides is 3. The quantitative estimate of drug-likeness (QED) is 0.407. The van der Waals surface area contributed by atoms with E-state index >= 15 is 0 Å². The number of thioether (sulfide) groups is 1. The molecule has 0 aromatic rings. The van der Waals surface area contributed by atoms with E-state index in [4.69, 9.17) is 0 Å². The van der Waals surface area contributed by atoms with Crippen molar-refractivity contribution in [3.8, 4) is 0 Å². The summed E-state index contributed by atoms with van der Waals surface area (Å²) in [6.45, 7) is 5.48. The lowest BCUT2D eigenvalue weighted by Gasteiger charge is -2.14. The van der Waals surface area contributed by atoms with Crippen LogP contribution in [-0.2, 0) is 14.4 Å². The van der Waals surface area contributed by atoms with Gasteiger partial charge in [0.1, 0.15) is 0 Å². The summed E-state index contributed by atoms with van der Waals surface area (Å²) >= 11 is 1.59. The molecule has 1 saturated heterocycles. The van der Waals surface area contributed by atoms with E-state index in [0.717, 1.165) is 57.2 Å². The van der Waals surface area contributed by atoms with E-state index in [2.05, 4.69) is 19.2 Å². The lowest BCUT2D eigenvalue weighted by molar-refractivity contribution is -0.138. The van der Waals surface area contributed by atoms with E-state index in [1.807, 2.05) is 0 Å². The number of carbonyl (C=O) groups is 3. The first-order chi connectivity index (χ1) is 11.6. The van der Waals surface area contributed by atoms with Gasteiger partial charge in [0.2, 0.25) is 17.7 Å². The summed E-state index contributed by atoms with van der Waals surface area (Å²) < 4.78 is 0. The highest BCUT2D eigenvalue weighted by atomic mass is 32.2. The van der Waals surface area contributed by atoms with Crippen LogP contribution in [0.4, 0.5) is 0 Å². The number of likely N-dealkylation sites (tertiary alicyclic amines) is 1. The fourth-order valence-corrected chi connectivity index (χ4v) is 3.75. The number of nitrogens with one attached hydrogen (secondary N) is 1. The van der Waals surface area contributed by atoms with Crippen LogP contribution in [0.15, 0.2) is 0 Å². The highest BCUT2D eigenvalue weighted by molar-refractivity contribution is 8.00. The van der Waals surface area contributed by atoms with Crippen molar-refractivity contribution in [1.29, 1.82) is 0 Å². The Labute approximate surface area is 150 Å². The maximum absolute atomic E-state index is 12.2. The van der Waals surface area contributed by atoms with Gasteiger partial charge >= 0.3 is 0 Å². The maximum atomic E-state index is 12.2. The molecule has 1 heterocycles. The Morgan fingerprint density at radius 1 is 1.12 bits per heavy atom. The number of nitrogens with zero attached hydrogens (tertiary/aromatic N) is 1. The SMILES string of the molecule is CCCCCNC(=O)CCCCCN1C(=O)CC(SCCC)C1=O. The molecule has 1 fully saturated rings. The van der Waals surface area contributed by atoms with Crippen LogP contribution in [0.3, 0.4) is 0 Å². The standard InChI is InChI=1S/C18H32N2O3S/c1-3-5-8-11-19-16(21)10-7-6-9-12-20-17(22)14-15(18(20)23)24-13-4-2/h15H,3-14H2,1-2H3,(H,19,21). The molecule has 0 aromatic carbocycles. The number of hydrogen-bond acceptors (Lipinski definition) is 4. The molecule has 0 aromatic heterocycles. The second-order valence-electron chi connectivity index (χ2n) is 6.31. The molecular weight excluding hydrogens is 324 g/mol. The van der Waals surface area contributed by atoms with Crippen molar-refractivity contribution < 1.29 is 14.4 Å². The second kappa shape index (κ2) is 12.3. The Morgan fingerprint density at radius 3 is 2.62 bits per heavy atom. The maximum Gasteiger partial charge on any atom is 0.242 e. The Morgan fingerprint density at radius 2 is 1.92 bits per heavy atom. The average molecular weight is 357 g/mol. The van der Waals surface area contributed by atoms with Crippen molar-refractivity contribution >= 4 is 29.5 Å². The predicted molar refractivity (Wildman–Crippen MR) is 98.9 cm³/mol. The molecule has 0 radical (unpaired) electrons. The molecule has 1 N–H and O–H groups in total. The summed E-state index contributed by atoms with van der Waals surface area (Å²) in [6, 6.07) is 0. The first-order valence-corrected chi connectivity index (χ1v) is 10.4. The Kier molecular flexibility index (Phi) is 10.8. The first-order valence-electron chi connectivity index (χ1n) is 9.32. The smallest absolute Gasteiger partial charge is 0.242 e. The number of hydrogen-bond donors (Lipinski definition) is 1. The Balaban J connectivity index is 2.11. The summed E-state index contributed by atoms with van der Waals surface area (Å²) in [5.41, 5.74) is 0. The molecule has 1 aliphatic rings. The summed E-state index contributed by atoms with van der Waals surface area (Å²) in [6.07, 6.45) is 7.70. The van der Waals surface area contributed by atoms with Gasteiger partial charge in [0.25, 0.3) is 0 Å². The van der Waals surface area contributed by atoms with E-state index in [1.165, 1.54) is 4.90 Å². The van der Waals surface area contributed by atoms with Crippen molar-refractivity contribution in [1.82, 2.24) is 10.2 Å². The van der Waals surface area contributed by atoms with Crippen LogP contribution in [0.5, 0.6) is 0 Å². The molecule has 1 atom stereocenters. The third-order valence-electron chi connectivity index (χ3n) is 4.11. The van der Waals surface area contributed by atoms with Crippen molar-refractivity contribution in [3.63, 3.8) is 0 Å². The van der Waals surface area contributed by atoms with Gasteiger partial charge in [-0.25, -0.2) is 0 Å². The van der Waals surface area contributed by atoms with Gasteiger partial charge in [-0.15, -0.1) is 11.8 Å². The molecule has 0 spiro atoms. The monoisotopic (exact) mass is 356 g/mol. The Hall–Kier alpha value is -1.04. The summed E-state index contributed by atoms with van der Waals surface area (Å²) in [5, 5.41) is 2.75. The van der Waals surface area contributed by atoms with E-state index in [1.54, 1.807) is 11.8 Å². The predicted octanol–water partition coefficient (Wildman–Crippen LogP) is 3.12. The normalized spacial score (nSPS) is 17.6. The molecular formula is C18H32N2O3S. The molecule has 0 aliphatic carbocycles. The minimum Gasteiger partial charge on any atom is -0.356 e. The number of imide groups is 1. The van der Waals surface area contributed by atoms with Crippen molar-refractivity contribution in [2.75, 3.05) is 18.8 Å². The molecule has 0 bridgehead atoms. The van der Waals surface area contributed by atoms with Gasteiger partial charge in [-0.3, -0.25) is 19.3 Å². The summed E-state index contributed by atoms with van der Waals surface area (Å²) in [7, 11) is 0. The third-order valence-corrected chi connectivity index (χ3v) is 5.53. The average Bonchev–Trinajstić information content (AvgIpc) is 2.83. The molecule has 6 heteroatoms. The van der Waals surface area contributed by atoms with Crippen LogP contribution in [0.1, 0.15) is 71.6 Å². The van der Waals surface area contributed by atoms with Crippen LogP contribution in [0, 0.1) is 0 Å².